The van der Waals surface area contributed by atoms with E-state index in [2.05, 4.69) is 5.32 Å². The van der Waals surface area contributed by atoms with E-state index in [0.29, 0.717) is 6.29 Å². The Hall–Kier alpha value is -1.10. The standard InChI is InChI=1S/C4H10N4O/c5-3(2-9)1-8-4(6)7/h2-3H,1,5H2,(H4,6,7,8). The van der Waals surface area contributed by atoms with Crippen molar-refractivity contribution in [2.45, 2.75) is 6.04 Å². The quantitative estimate of drug-likeness (QED) is 0.201. The minimum atomic E-state index is -0.575. The first-order valence-corrected chi connectivity index (χ1v) is 2.45. The predicted molar refractivity (Wildman–Crippen MR) is 34.0 cm³/mol. The van der Waals surface area contributed by atoms with Gasteiger partial charge < -0.3 is 21.6 Å². The van der Waals surface area contributed by atoms with Crippen LogP contribution in [0.25, 0.3) is 0 Å². The Bertz CT molecular complexity index is 113. The molecule has 0 heterocycles. The maximum absolute atomic E-state index is 9.84. The van der Waals surface area contributed by atoms with E-state index in [0.717, 1.165) is 0 Å². The van der Waals surface area contributed by atoms with Crippen LogP contribution >= 0.6 is 0 Å². The van der Waals surface area contributed by atoms with Gasteiger partial charge in [-0.25, -0.2) is 0 Å². The van der Waals surface area contributed by atoms with Crippen molar-refractivity contribution in [1.29, 1.82) is 5.41 Å². The van der Waals surface area contributed by atoms with Crippen LogP contribution in [-0.4, -0.2) is 24.8 Å². The molecule has 0 aliphatic rings. The van der Waals surface area contributed by atoms with E-state index in [-0.39, 0.29) is 12.5 Å². The van der Waals surface area contributed by atoms with Crippen LogP contribution in [0.5, 0.6) is 0 Å². The highest BCUT2D eigenvalue weighted by Gasteiger charge is 1.96. The summed E-state index contributed by atoms with van der Waals surface area (Å²) in [5.74, 6) is -0.174. The molecule has 5 heteroatoms. The number of guanidine groups is 1. The number of carbonyl (C=O) groups is 1. The van der Waals surface area contributed by atoms with E-state index in [4.69, 9.17) is 16.9 Å². The molecule has 0 bridgehead atoms. The summed E-state index contributed by atoms with van der Waals surface area (Å²) in [6, 6.07) is -0.575. The maximum Gasteiger partial charge on any atom is 0.185 e. The molecular weight excluding hydrogens is 120 g/mol. The van der Waals surface area contributed by atoms with Crippen molar-refractivity contribution in [2.24, 2.45) is 11.5 Å². The zero-order chi connectivity index (χ0) is 7.28. The lowest BCUT2D eigenvalue weighted by Crippen LogP contribution is -2.40. The lowest BCUT2D eigenvalue weighted by Gasteiger charge is -2.03. The number of rotatable bonds is 3. The smallest absolute Gasteiger partial charge is 0.185 e. The average molecular weight is 130 g/mol. The Kier molecular flexibility index (Phi) is 3.38. The second-order valence-electron chi connectivity index (χ2n) is 1.59. The molecule has 0 radical (unpaired) electrons. The Morgan fingerprint density at radius 1 is 1.89 bits per heavy atom. The van der Waals surface area contributed by atoms with Crippen LogP contribution in [0.15, 0.2) is 0 Å². The summed E-state index contributed by atoms with van der Waals surface area (Å²) in [5.41, 5.74) is 10.0. The summed E-state index contributed by atoms with van der Waals surface area (Å²) in [7, 11) is 0. The summed E-state index contributed by atoms with van der Waals surface area (Å²) in [6.07, 6.45) is 0.593. The van der Waals surface area contributed by atoms with Crippen LogP contribution in [0.1, 0.15) is 0 Å². The Balaban J connectivity index is 3.26. The Morgan fingerprint density at radius 3 is 2.78 bits per heavy atom. The predicted octanol–water partition coefficient (Wildman–Crippen LogP) is -2.00. The van der Waals surface area contributed by atoms with Crippen molar-refractivity contribution in [1.82, 2.24) is 5.32 Å². The third-order valence-electron chi connectivity index (χ3n) is 0.703. The van der Waals surface area contributed by atoms with E-state index in [9.17, 15) is 4.79 Å². The lowest BCUT2D eigenvalue weighted by molar-refractivity contribution is -0.108. The summed E-state index contributed by atoms with van der Waals surface area (Å²) in [6.45, 7) is 0.221. The van der Waals surface area contributed by atoms with Crippen LogP contribution < -0.4 is 16.8 Å². The average Bonchev–Trinajstić information content (AvgIpc) is 1.83. The molecule has 0 aromatic carbocycles. The van der Waals surface area contributed by atoms with Gasteiger partial charge in [0.2, 0.25) is 0 Å². The topological polar surface area (TPSA) is 105 Å². The number of carbonyl (C=O) groups excluding carboxylic acids is 1. The maximum atomic E-state index is 9.84. The largest absolute Gasteiger partial charge is 0.370 e. The molecule has 0 amide bonds. The van der Waals surface area contributed by atoms with Gasteiger partial charge in [0.25, 0.3) is 0 Å². The number of hydrogen-bond acceptors (Lipinski definition) is 3. The molecule has 6 N–H and O–H groups in total. The number of nitrogens with one attached hydrogen (secondary N) is 2. The Morgan fingerprint density at radius 2 is 2.44 bits per heavy atom. The zero-order valence-electron chi connectivity index (χ0n) is 4.92. The van der Waals surface area contributed by atoms with Gasteiger partial charge in [-0.3, -0.25) is 5.41 Å². The molecule has 0 spiro atoms. The van der Waals surface area contributed by atoms with Crippen molar-refractivity contribution in [2.75, 3.05) is 6.54 Å². The van der Waals surface area contributed by atoms with E-state index in [1.165, 1.54) is 0 Å². The fourth-order valence-electron chi connectivity index (χ4n) is 0.276. The molecule has 0 aliphatic carbocycles. The molecule has 0 aromatic heterocycles. The van der Waals surface area contributed by atoms with E-state index in [1.54, 1.807) is 0 Å². The van der Waals surface area contributed by atoms with Crippen LogP contribution in [0, 0.1) is 5.41 Å². The molecule has 0 aliphatic heterocycles. The van der Waals surface area contributed by atoms with Crippen molar-refractivity contribution < 1.29 is 4.79 Å². The second-order valence-corrected chi connectivity index (χ2v) is 1.59. The minimum Gasteiger partial charge on any atom is -0.370 e. The molecule has 9 heavy (non-hydrogen) atoms. The molecule has 5 nitrogen and oxygen atoms in total. The van der Waals surface area contributed by atoms with Gasteiger partial charge in [-0.2, -0.15) is 0 Å². The second kappa shape index (κ2) is 3.85. The molecule has 0 rings (SSSR count). The van der Waals surface area contributed by atoms with E-state index < -0.39 is 6.04 Å². The van der Waals surface area contributed by atoms with Crippen molar-refractivity contribution in [3.63, 3.8) is 0 Å². The lowest BCUT2D eigenvalue weighted by atomic mass is 10.3. The van der Waals surface area contributed by atoms with Gasteiger partial charge >= 0.3 is 0 Å². The fraction of sp³-hybridized carbons (Fsp3) is 0.500. The van der Waals surface area contributed by atoms with Gasteiger partial charge in [-0.1, -0.05) is 0 Å². The van der Waals surface area contributed by atoms with Gasteiger partial charge in [0.05, 0.1) is 6.04 Å². The van der Waals surface area contributed by atoms with E-state index in [1.807, 2.05) is 0 Å². The third kappa shape index (κ3) is 4.76. The van der Waals surface area contributed by atoms with Gasteiger partial charge in [0.1, 0.15) is 6.29 Å². The SMILES string of the molecule is N=C(N)NCC(N)C=O. The highest BCUT2D eigenvalue weighted by molar-refractivity contribution is 5.74. The van der Waals surface area contributed by atoms with Crippen LogP contribution in [0.2, 0.25) is 0 Å². The summed E-state index contributed by atoms with van der Waals surface area (Å²) in [5, 5.41) is 9.06. The van der Waals surface area contributed by atoms with Crippen LogP contribution in [0.4, 0.5) is 0 Å². The molecule has 0 fully saturated rings. The number of aldehydes is 1. The normalized spacial score (nSPS) is 12.1. The van der Waals surface area contributed by atoms with Crippen LogP contribution in [0.3, 0.4) is 0 Å². The summed E-state index contributed by atoms with van der Waals surface area (Å²) >= 11 is 0. The molecule has 1 atom stereocenters. The zero-order valence-corrected chi connectivity index (χ0v) is 4.92. The van der Waals surface area contributed by atoms with Crippen molar-refractivity contribution in [3.05, 3.63) is 0 Å². The van der Waals surface area contributed by atoms with Gasteiger partial charge in [0, 0.05) is 6.54 Å². The molecular formula is C4H10N4O. The molecule has 0 saturated heterocycles. The van der Waals surface area contributed by atoms with Gasteiger partial charge in [-0.15, -0.1) is 0 Å². The summed E-state index contributed by atoms with van der Waals surface area (Å²) in [4.78, 5) is 9.84. The highest BCUT2D eigenvalue weighted by atomic mass is 16.1. The first-order chi connectivity index (χ1) is 4.16. The summed E-state index contributed by atoms with van der Waals surface area (Å²) < 4.78 is 0. The fourth-order valence-corrected chi connectivity index (χ4v) is 0.276. The molecule has 1 unspecified atom stereocenters. The van der Waals surface area contributed by atoms with Crippen molar-refractivity contribution in [3.8, 4) is 0 Å². The third-order valence-corrected chi connectivity index (χ3v) is 0.703. The number of nitrogens with two attached hydrogens (primary N) is 2. The monoisotopic (exact) mass is 130 g/mol. The minimum absolute atomic E-state index is 0.174. The van der Waals surface area contributed by atoms with Gasteiger partial charge in [0.15, 0.2) is 5.96 Å². The van der Waals surface area contributed by atoms with Crippen LogP contribution in [-0.2, 0) is 4.79 Å². The molecule has 0 saturated carbocycles. The van der Waals surface area contributed by atoms with Gasteiger partial charge in [-0.05, 0) is 0 Å². The first kappa shape index (κ1) is 7.90. The molecule has 0 aromatic rings. The highest BCUT2D eigenvalue weighted by Crippen LogP contribution is 1.64. The Labute approximate surface area is 52.9 Å². The van der Waals surface area contributed by atoms with Crippen molar-refractivity contribution >= 4 is 12.2 Å². The van der Waals surface area contributed by atoms with E-state index >= 15 is 0 Å². The number of hydrogen-bond donors (Lipinski definition) is 4. The first-order valence-electron chi connectivity index (χ1n) is 2.45. The molecule has 52 valence electrons.